The SMILES string of the molecule is CNCc1coc(CN2CC(C)CC2C)c1. The van der Waals surface area contributed by atoms with Gasteiger partial charge in [-0.3, -0.25) is 4.90 Å². The van der Waals surface area contributed by atoms with E-state index in [4.69, 9.17) is 4.42 Å². The lowest BCUT2D eigenvalue weighted by atomic mass is 10.1. The van der Waals surface area contributed by atoms with Crippen LogP contribution in [-0.2, 0) is 13.1 Å². The number of furan rings is 1. The van der Waals surface area contributed by atoms with E-state index in [1.165, 1.54) is 18.5 Å². The van der Waals surface area contributed by atoms with E-state index < -0.39 is 0 Å². The van der Waals surface area contributed by atoms with E-state index in [1.807, 2.05) is 13.3 Å². The van der Waals surface area contributed by atoms with Crippen molar-refractivity contribution in [1.29, 1.82) is 0 Å². The van der Waals surface area contributed by atoms with E-state index in [2.05, 4.69) is 30.1 Å². The van der Waals surface area contributed by atoms with Gasteiger partial charge in [0.1, 0.15) is 5.76 Å². The molecule has 3 heteroatoms. The van der Waals surface area contributed by atoms with Crippen LogP contribution >= 0.6 is 0 Å². The summed E-state index contributed by atoms with van der Waals surface area (Å²) in [7, 11) is 1.96. The summed E-state index contributed by atoms with van der Waals surface area (Å²) in [6.45, 7) is 7.67. The van der Waals surface area contributed by atoms with Crippen LogP contribution in [0.1, 0.15) is 31.6 Å². The summed E-state index contributed by atoms with van der Waals surface area (Å²) in [4.78, 5) is 2.51. The van der Waals surface area contributed by atoms with Gasteiger partial charge < -0.3 is 9.73 Å². The molecule has 1 aromatic rings. The van der Waals surface area contributed by atoms with Crippen molar-refractivity contribution in [3.63, 3.8) is 0 Å². The molecule has 2 unspecified atom stereocenters. The Balaban J connectivity index is 1.93. The molecule has 0 radical (unpaired) electrons. The van der Waals surface area contributed by atoms with Gasteiger partial charge in [-0.2, -0.15) is 0 Å². The van der Waals surface area contributed by atoms with Gasteiger partial charge in [0.05, 0.1) is 12.8 Å². The molecule has 90 valence electrons. The fourth-order valence-electron chi connectivity index (χ4n) is 2.61. The Kier molecular flexibility index (Phi) is 3.66. The van der Waals surface area contributed by atoms with Crippen molar-refractivity contribution >= 4 is 0 Å². The smallest absolute Gasteiger partial charge is 0.118 e. The average Bonchev–Trinajstić information content (AvgIpc) is 2.76. The van der Waals surface area contributed by atoms with Gasteiger partial charge in [-0.15, -0.1) is 0 Å². The third-order valence-electron chi connectivity index (χ3n) is 3.36. The van der Waals surface area contributed by atoms with Gasteiger partial charge in [-0.05, 0) is 32.4 Å². The lowest BCUT2D eigenvalue weighted by Crippen LogP contribution is -2.26. The predicted octanol–water partition coefficient (Wildman–Crippen LogP) is 2.23. The van der Waals surface area contributed by atoms with Crippen molar-refractivity contribution in [2.24, 2.45) is 5.92 Å². The zero-order valence-electron chi connectivity index (χ0n) is 10.5. The van der Waals surface area contributed by atoms with Crippen LogP contribution in [0.5, 0.6) is 0 Å². The molecule has 0 aromatic carbocycles. The molecule has 0 aliphatic carbocycles. The fraction of sp³-hybridized carbons (Fsp3) is 0.692. The van der Waals surface area contributed by atoms with Gasteiger partial charge in [0.2, 0.25) is 0 Å². The highest BCUT2D eigenvalue weighted by Crippen LogP contribution is 2.24. The topological polar surface area (TPSA) is 28.4 Å². The van der Waals surface area contributed by atoms with E-state index in [9.17, 15) is 0 Å². The number of nitrogens with zero attached hydrogens (tertiary/aromatic N) is 1. The van der Waals surface area contributed by atoms with Gasteiger partial charge >= 0.3 is 0 Å². The minimum atomic E-state index is 0.688. The number of nitrogens with one attached hydrogen (secondary N) is 1. The third-order valence-corrected chi connectivity index (χ3v) is 3.36. The molecular weight excluding hydrogens is 200 g/mol. The first-order valence-corrected chi connectivity index (χ1v) is 6.14. The molecule has 16 heavy (non-hydrogen) atoms. The number of hydrogen-bond donors (Lipinski definition) is 1. The molecule has 0 amide bonds. The molecule has 1 N–H and O–H groups in total. The molecule has 1 aliphatic heterocycles. The second kappa shape index (κ2) is 5.02. The van der Waals surface area contributed by atoms with Crippen LogP contribution in [0.3, 0.4) is 0 Å². The predicted molar refractivity (Wildman–Crippen MR) is 65.1 cm³/mol. The number of hydrogen-bond acceptors (Lipinski definition) is 3. The van der Waals surface area contributed by atoms with E-state index >= 15 is 0 Å². The lowest BCUT2D eigenvalue weighted by Gasteiger charge is -2.19. The average molecular weight is 222 g/mol. The second-order valence-corrected chi connectivity index (χ2v) is 5.07. The molecule has 0 bridgehead atoms. The molecule has 1 fully saturated rings. The first kappa shape index (κ1) is 11.7. The molecule has 0 saturated carbocycles. The summed E-state index contributed by atoms with van der Waals surface area (Å²) in [5.74, 6) is 1.91. The molecular formula is C13H22N2O. The van der Waals surface area contributed by atoms with Crippen LogP contribution in [0.15, 0.2) is 16.7 Å². The lowest BCUT2D eigenvalue weighted by molar-refractivity contribution is 0.235. The largest absolute Gasteiger partial charge is 0.468 e. The monoisotopic (exact) mass is 222 g/mol. The Morgan fingerprint density at radius 3 is 2.94 bits per heavy atom. The highest BCUT2D eigenvalue weighted by Gasteiger charge is 2.26. The maximum absolute atomic E-state index is 5.58. The summed E-state index contributed by atoms with van der Waals surface area (Å²) >= 11 is 0. The normalized spacial score (nSPS) is 26.4. The highest BCUT2D eigenvalue weighted by atomic mass is 16.3. The zero-order chi connectivity index (χ0) is 11.5. The summed E-state index contributed by atoms with van der Waals surface area (Å²) in [5, 5.41) is 3.13. The van der Waals surface area contributed by atoms with Gasteiger partial charge in [-0.25, -0.2) is 0 Å². The van der Waals surface area contributed by atoms with Crippen LogP contribution in [0.4, 0.5) is 0 Å². The van der Waals surface area contributed by atoms with E-state index in [0.717, 1.165) is 24.8 Å². The summed E-state index contributed by atoms with van der Waals surface area (Å²) < 4.78 is 5.58. The second-order valence-electron chi connectivity index (χ2n) is 5.07. The van der Waals surface area contributed by atoms with Crippen LogP contribution in [0, 0.1) is 5.92 Å². The van der Waals surface area contributed by atoms with Gasteiger partial charge in [0.15, 0.2) is 0 Å². The van der Waals surface area contributed by atoms with Crippen molar-refractivity contribution in [2.75, 3.05) is 13.6 Å². The molecule has 3 nitrogen and oxygen atoms in total. The van der Waals surface area contributed by atoms with Crippen LogP contribution in [-0.4, -0.2) is 24.5 Å². The van der Waals surface area contributed by atoms with E-state index in [1.54, 1.807) is 0 Å². The molecule has 0 spiro atoms. The highest BCUT2D eigenvalue weighted by molar-refractivity contribution is 5.12. The molecule has 1 aliphatic rings. The van der Waals surface area contributed by atoms with Crippen LogP contribution in [0.25, 0.3) is 0 Å². The first-order valence-electron chi connectivity index (χ1n) is 6.14. The Morgan fingerprint density at radius 1 is 1.50 bits per heavy atom. The Morgan fingerprint density at radius 2 is 2.31 bits per heavy atom. The van der Waals surface area contributed by atoms with Crippen molar-refractivity contribution < 1.29 is 4.42 Å². The fourth-order valence-corrected chi connectivity index (χ4v) is 2.61. The van der Waals surface area contributed by atoms with Crippen molar-refractivity contribution in [3.05, 3.63) is 23.7 Å². The van der Waals surface area contributed by atoms with Crippen molar-refractivity contribution in [2.45, 2.75) is 39.4 Å². The van der Waals surface area contributed by atoms with Crippen LogP contribution in [0.2, 0.25) is 0 Å². The quantitative estimate of drug-likeness (QED) is 0.847. The van der Waals surface area contributed by atoms with Gasteiger partial charge in [-0.1, -0.05) is 6.92 Å². The van der Waals surface area contributed by atoms with Crippen molar-refractivity contribution in [1.82, 2.24) is 10.2 Å². The Labute approximate surface area is 97.8 Å². The minimum Gasteiger partial charge on any atom is -0.468 e. The number of likely N-dealkylation sites (tertiary alicyclic amines) is 1. The van der Waals surface area contributed by atoms with E-state index in [-0.39, 0.29) is 0 Å². The van der Waals surface area contributed by atoms with Crippen molar-refractivity contribution in [3.8, 4) is 0 Å². The molecule has 2 heterocycles. The standard InChI is InChI=1S/C13H22N2O/c1-10-4-11(2)15(7-10)8-13-5-12(6-14-3)9-16-13/h5,9-11,14H,4,6-8H2,1-3H3. The maximum Gasteiger partial charge on any atom is 0.118 e. The maximum atomic E-state index is 5.58. The van der Waals surface area contributed by atoms with Gasteiger partial charge in [0.25, 0.3) is 0 Å². The molecule has 1 saturated heterocycles. The minimum absolute atomic E-state index is 0.688. The summed E-state index contributed by atoms with van der Waals surface area (Å²) in [5.41, 5.74) is 1.23. The van der Waals surface area contributed by atoms with Gasteiger partial charge in [0, 0.05) is 24.7 Å². The summed E-state index contributed by atoms with van der Waals surface area (Å²) in [6, 6.07) is 2.85. The van der Waals surface area contributed by atoms with Crippen LogP contribution < -0.4 is 5.32 Å². The molecule has 2 atom stereocenters. The number of rotatable bonds is 4. The first-order chi connectivity index (χ1) is 7.69. The Bertz CT molecular complexity index is 334. The third kappa shape index (κ3) is 2.66. The molecule has 2 rings (SSSR count). The molecule has 1 aromatic heterocycles. The zero-order valence-corrected chi connectivity index (χ0v) is 10.5. The van der Waals surface area contributed by atoms with E-state index in [0.29, 0.717) is 6.04 Å². The Hall–Kier alpha value is -0.800. The summed E-state index contributed by atoms with van der Waals surface area (Å²) in [6.07, 6.45) is 3.17.